The summed E-state index contributed by atoms with van der Waals surface area (Å²) in [4.78, 5) is 12.9. The lowest BCUT2D eigenvalue weighted by Crippen LogP contribution is -2.46. The Hall–Kier alpha value is -1.11. The number of rotatable bonds is 3. The standard InChI is InChI=1S/C20H26O/c1-13-3-4-18(14(2)5-13)19(21)12-20-9-15-6-16(10-20)8-17(7-15)11-20/h3-5,15-17H,6-12H2,1-2H3. The minimum absolute atomic E-state index is 0.364. The first-order valence-electron chi connectivity index (χ1n) is 8.63. The van der Waals surface area contributed by atoms with Gasteiger partial charge in [0.05, 0.1) is 0 Å². The lowest BCUT2D eigenvalue weighted by molar-refractivity contribution is -0.0524. The van der Waals surface area contributed by atoms with E-state index in [0.717, 1.165) is 35.3 Å². The Morgan fingerprint density at radius 1 is 1.05 bits per heavy atom. The number of carbonyl (C=O) groups is 1. The zero-order chi connectivity index (χ0) is 14.6. The summed E-state index contributed by atoms with van der Waals surface area (Å²) in [6.07, 6.45) is 9.16. The summed E-state index contributed by atoms with van der Waals surface area (Å²) in [5.74, 6) is 3.20. The van der Waals surface area contributed by atoms with Crippen molar-refractivity contribution in [3.05, 3.63) is 34.9 Å². The fourth-order valence-electron chi connectivity index (χ4n) is 6.07. The molecule has 21 heavy (non-hydrogen) atoms. The molecule has 4 saturated carbocycles. The van der Waals surface area contributed by atoms with Crippen LogP contribution in [-0.4, -0.2) is 5.78 Å². The summed E-state index contributed by atoms with van der Waals surface area (Å²) in [6.45, 7) is 4.18. The topological polar surface area (TPSA) is 17.1 Å². The summed E-state index contributed by atoms with van der Waals surface area (Å²) < 4.78 is 0. The van der Waals surface area contributed by atoms with Crippen LogP contribution in [0.25, 0.3) is 0 Å². The van der Waals surface area contributed by atoms with Gasteiger partial charge < -0.3 is 0 Å². The van der Waals surface area contributed by atoms with Gasteiger partial charge in [-0.3, -0.25) is 4.79 Å². The number of hydrogen-bond donors (Lipinski definition) is 0. The quantitative estimate of drug-likeness (QED) is 0.705. The molecule has 0 aromatic heterocycles. The average molecular weight is 282 g/mol. The number of aryl methyl sites for hydroxylation is 2. The first-order valence-corrected chi connectivity index (χ1v) is 8.63. The third-order valence-corrected chi connectivity index (χ3v) is 6.38. The van der Waals surface area contributed by atoms with Crippen molar-refractivity contribution in [2.45, 2.75) is 58.8 Å². The fraction of sp³-hybridized carbons (Fsp3) is 0.650. The van der Waals surface area contributed by atoms with E-state index in [4.69, 9.17) is 0 Å². The van der Waals surface area contributed by atoms with Gasteiger partial charge in [-0.15, -0.1) is 0 Å². The van der Waals surface area contributed by atoms with Crippen molar-refractivity contribution < 1.29 is 4.79 Å². The number of benzene rings is 1. The molecular weight excluding hydrogens is 256 g/mol. The molecule has 0 spiro atoms. The van der Waals surface area contributed by atoms with E-state index in [1.54, 1.807) is 0 Å². The van der Waals surface area contributed by atoms with Crippen LogP contribution in [0.5, 0.6) is 0 Å². The van der Waals surface area contributed by atoms with Crippen LogP contribution in [0.3, 0.4) is 0 Å². The minimum atomic E-state index is 0.364. The lowest BCUT2D eigenvalue weighted by Gasteiger charge is -2.56. The molecule has 0 unspecified atom stereocenters. The number of ketones is 1. The predicted molar refractivity (Wildman–Crippen MR) is 85.5 cm³/mol. The molecule has 112 valence electrons. The normalized spacial score (nSPS) is 37.0. The minimum Gasteiger partial charge on any atom is -0.294 e. The van der Waals surface area contributed by atoms with Gasteiger partial charge in [0.2, 0.25) is 0 Å². The van der Waals surface area contributed by atoms with Crippen LogP contribution in [0.15, 0.2) is 18.2 Å². The third kappa shape index (κ3) is 2.35. The highest BCUT2D eigenvalue weighted by atomic mass is 16.1. The van der Waals surface area contributed by atoms with Crippen molar-refractivity contribution in [2.75, 3.05) is 0 Å². The maximum atomic E-state index is 12.9. The predicted octanol–water partition coefficient (Wildman–Crippen LogP) is 5.09. The highest BCUT2D eigenvalue weighted by Gasteiger charge is 2.51. The molecule has 0 radical (unpaired) electrons. The van der Waals surface area contributed by atoms with Crippen LogP contribution in [-0.2, 0) is 0 Å². The van der Waals surface area contributed by atoms with Gasteiger partial charge >= 0.3 is 0 Å². The van der Waals surface area contributed by atoms with Crippen LogP contribution in [0, 0.1) is 37.0 Å². The van der Waals surface area contributed by atoms with Gasteiger partial charge in [-0.25, -0.2) is 0 Å². The summed E-state index contributed by atoms with van der Waals surface area (Å²) in [5, 5.41) is 0. The maximum Gasteiger partial charge on any atom is 0.163 e. The van der Waals surface area contributed by atoms with Crippen molar-refractivity contribution in [1.29, 1.82) is 0 Å². The molecule has 0 aliphatic heterocycles. The second kappa shape index (κ2) is 4.69. The van der Waals surface area contributed by atoms with E-state index in [0.29, 0.717) is 11.2 Å². The SMILES string of the molecule is Cc1ccc(C(=O)CC23CC4CC(CC(C4)C2)C3)c(C)c1. The lowest BCUT2D eigenvalue weighted by atomic mass is 9.48. The zero-order valence-corrected chi connectivity index (χ0v) is 13.3. The van der Waals surface area contributed by atoms with Gasteiger partial charge in [-0.05, 0) is 81.1 Å². The van der Waals surface area contributed by atoms with E-state index < -0.39 is 0 Å². The highest BCUT2D eigenvalue weighted by molar-refractivity contribution is 5.97. The van der Waals surface area contributed by atoms with Crippen molar-refractivity contribution in [2.24, 2.45) is 23.2 Å². The Morgan fingerprint density at radius 3 is 2.14 bits per heavy atom. The molecule has 0 amide bonds. The van der Waals surface area contributed by atoms with Gasteiger partial charge in [0.15, 0.2) is 5.78 Å². The monoisotopic (exact) mass is 282 g/mol. The first kappa shape index (κ1) is 13.5. The summed E-state index contributed by atoms with van der Waals surface area (Å²) in [5.41, 5.74) is 3.74. The number of carbonyl (C=O) groups excluding carboxylic acids is 1. The third-order valence-electron chi connectivity index (χ3n) is 6.38. The molecule has 1 aromatic rings. The van der Waals surface area contributed by atoms with Crippen molar-refractivity contribution in [3.8, 4) is 0 Å². The Labute approximate surface area is 128 Å². The maximum absolute atomic E-state index is 12.9. The molecule has 0 N–H and O–H groups in total. The van der Waals surface area contributed by atoms with Crippen LogP contribution >= 0.6 is 0 Å². The van der Waals surface area contributed by atoms with Crippen LogP contribution < -0.4 is 0 Å². The first-order chi connectivity index (χ1) is 10.0. The second-order valence-electron chi connectivity index (χ2n) is 8.34. The Balaban J connectivity index is 1.57. The van der Waals surface area contributed by atoms with Crippen molar-refractivity contribution >= 4 is 5.78 Å². The summed E-state index contributed by atoms with van der Waals surface area (Å²) >= 11 is 0. The van der Waals surface area contributed by atoms with Crippen molar-refractivity contribution in [3.63, 3.8) is 0 Å². The molecule has 1 nitrogen and oxygen atoms in total. The molecule has 4 bridgehead atoms. The Morgan fingerprint density at radius 2 is 1.62 bits per heavy atom. The molecule has 1 heteroatoms. The molecule has 0 atom stereocenters. The van der Waals surface area contributed by atoms with Crippen LogP contribution in [0.2, 0.25) is 0 Å². The summed E-state index contributed by atoms with van der Waals surface area (Å²) in [7, 11) is 0. The van der Waals surface area contributed by atoms with Gasteiger partial charge in [-0.1, -0.05) is 23.8 Å². The van der Waals surface area contributed by atoms with Gasteiger partial charge in [0.25, 0.3) is 0 Å². The molecule has 4 fully saturated rings. The molecular formula is C20H26O. The van der Waals surface area contributed by atoms with Gasteiger partial charge in [0, 0.05) is 12.0 Å². The highest BCUT2D eigenvalue weighted by Crippen LogP contribution is 2.61. The average Bonchev–Trinajstić information content (AvgIpc) is 2.35. The van der Waals surface area contributed by atoms with E-state index in [9.17, 15) is 4.79 Å². The second-order valence-corrected chi connectivity index (χ2v) is 8.34. The molecule has 1 aromatic carbocycles. The molecule has 5 rings (SSSR count). The molecule has 4 aliphatic carbocycles. The molecule has 4 aliphatic rings. The van der Waals surface area contributed by atoms with Crippen LogP contribution in [0.1, 0.15) is 66.4 Å². The Kier molecular flexibility index (Phi) is 3.03. The molecule has 0 heterocycles. The van der Waals surface area contributed by atoms with E-state index in [2.05, 4.69) is 26.0 Å². The van der Waals surface area contributed by atoms with Gasteiger partial charge in [0.1, 0.15) is 0 Å². The largest absolute Gasteiger partial charge is 0.294 e. The Bertz CT molecular complexity index is 548. The number of Topliss-reactive ketones (excluding diaryl/α,β-unsaturated/α-hetero) is 1. The zero-order valence-electron chi connectivity index (χ0n) is 13.3. The van der Waals surface area contributed by atoms with Gasteiger partial charge in [-0.2, -0.15) is 0 Å². The van der Waals surface area contributed by atoms with Crippen molar-refractivity contribution in [1.82, 2.24) is 0 Å². The smallest absolute Gasteiger partial charge is 0.163 e. The molecule has 0 saturated heterocycles. The fourth-order valence-corrected chi connectivity index (χ4v) is 6.07. The summed E-state index contributed by atoms with van der Waals surface area (Å²) in [6, 6.07) is 6.28. The van der Waals surface area contributed by atoms with E-state index in [-0.39, 0.29) is 0 Å². The van der Waals surface area contributed by atoms with E-state index in [1.165, 1.54) is 44.1 Å². The van der Waals surface area contributed by atoms with Crippen LogP contribution in [0.4, 0.5) is 0 Å². The van der Waals surface area contributed by atoms with E-state index >= 15 is 0 Å². The number of hydrogen-bond acceptors (Lipinski definition) is 1. The van der Waals surface area contributed by atoms with E-state index in [1.807, 2.05) is 6.07 Å².